The Kier molecular flexibility index (Phi) is 3.41. The van der Waals surface area contributed by atoms with Gasteiger partial charge in [-0.2, -0.15) is 0 Å². The molecule has 4 heteroatoms. The molecule has 2 rings (SSSR count). The number of carbonyl (C=O) groups excluding carboxylic acids is 1. The normalized spacial score (nSPS) is 15.6. The minimum Gasteiger partial charge on any atom is -0.492 e. The van der Waals surface area contributed by atoms with Gasteiger partial charge in [-0.15, -0.1) is 0 Å². The van der Waals surface area contributed by atoms with E-state index in [4.69, 9.17) is 10.5 Å². The second-order valence-corrected chi connectivity index (χ2v) is 3.78. The fourth-order valence-corrected chi connectivity index (χ4v) is 1.84. The summed E-state index contributed by atoms with van der Waals surface area (Å²) in [4.78, 5) is 13.4. The van der Waals surface area contributed by atoms with E-state index in [1.807, 2.05) is 24.3 Å². The third-order valence-electron chi connectivity index (χ3n) is 2.59. The SMILES string of the molecule is NCCOc1cccc(N2CCCC2=O)c1. The molecule has 1 aliphatic heterocycles. The van der Waals surface area contributed by atoms with Crippen molar-refractivity contribution < 1.29 is 9.53 Å². The number of ether oxygens (including phenoxy) is 1. The van der Waals surface area contributed by atoms with E-state index in [0.717, 1.165) is 24.4 Å². The van der Waals surface area contributed by atoms with Crippen molar-refractivity contribution in [1.29, 1.82) is 0 Å². The summed E-state index contributed by atoms with van der Waals surface area (Å²) < 4.78 is 5.43. The van der Waals surface area contributed by atoms with Crippen LogP contribution < -0.4 is 15.4 Å². The lowest BCUT2D eigenvalue weighted by Gasteiger charge is -2.16. The van der Waals surface area contributed by atoms with Crippen LogP contribution in [0.4, 0.5) is 5.69 Å². The fraction of sp³-hybridized carbons (Fsp3) is 0.417. The summed E-state index contributed by atoms with van der Waals surface area (Å²) >= 11 is 0. The highest BCUT2D eigenvalue weighted by Crippen LogP contribution is 2.25. The quantitative estimate of drug-likeness (QED) is 0.828. The Balaban J connectivity index is 2.12. The van der Waals surface area contributed by atoms with E-state index in [0.29, 0.717) is 19.6 Å². The first-order valence-electron chi connectivity index (χ1n) is 5.54. The summed E-state index contributed by atoms with van der Waals surface area (Å²) in [5.74, 6) is 0.957. The molecule has 4 nitrogen and oxygen atoms in total. The van der Waals surface area contributed by atoms with Gasteiger partial charge in [-0.05, 0) is 18.6 Å². The maximum atomic E-state index is 11.6. The molecule has 0 spiro atoms. The summed E-state index contributed by atoms with van der Waals surface area (Å²) in [6, 6.07) is 7.59. The first-order chi connectivity index (χ1) is 7.81. The average molecular weight is 220 g/mol. The van der Waals surface area contributed by atoms with Gasteiger partial charge in [0.25, 0.3) is 0 Å². The Morgan fingerprint density at radius 3 is 3.00 bits per heavy atom. The summed E-state index contributed by atoms with van der Waals surface area (Å²) in [5, 5.41) is 0. The molecule has 0 bridgehead atoms. The van der Waals surface area contributed by atoms with Crippen molar-refractivity contribution in [3.8, 4) is 5.75 Å². The Hall–Kier alpha value is -1.55. The van der Waals surface area contributed by atoms with Crippen LogP contribution in [-0.4, -0.2) is 25.6 Å². The second-order valence-electron chi connectivity index (χ2n) is 3.78. The molecule has 0 aliphatic carbocycles. The number of hydrogen-bond donors (Lipinski definition) is 1. The van der Waals surface area contributed by atoms with E-state index >= 15 is 0 Å². The first-order valence-corrected chi connectivity index (χ1v) is 5.54. The molecular weight excluding hydrogens is 204 g/mol. The molecule has 2 N–H and O–H groups in total. The van der Waals surface area contributed by atoms with Gasteiger partial charge in [-0.1, -0.05) is 6.07 Å². The summed E-state index contributed by atoms with van der Waals surface area (Å²) in [7, 11) is 0. The lowest BCUT2D eigenvalue weighted by atomic mass is 10.3. The molecule has 0 unspecified atom stereocenters. The number of nitrogens with zero attached hydrogens (tertiary/aromatic N) is 1. The van der Waals surface area contributed by atoms with Crippen LogP contribution >= 0.6 is 0 Å². The van der Waals surface area contributed by atoms with Gasteiger partial charge in [-0.25, -0.2) is 0 Å². The zero-order valence-electron chi connectivity index (χ0n) is 9.19. The highest BCUT2D eigenvalue weighted by Gasteiger charge is 2.21. The Labute approximate surface area is 95.0 Å². The van der Waals surface area contributed by atoms with E-state index < -0.39 is 0 Å². The van der Waals surface area contributed by atoms with E-state index in [1.54, 1.807) is 4.90 Å². The number of anilines is 1. The standard InChI is InChI=1S/C12H16N2O2/c13-6-8-16-11-4-1-3-10(9-11)14-7-2-5-12(14)15/h1,3-4,9H,2,5-8,13H2. The number of hydrogen-bond acceptors (Lipinski definition) is 3. The zero-order valence-corrected chi connectivity index (χ0v) is 9.19. The lowest BCUT2D eigenvalue weighted by Crippen LogP contribution is -2.23. The average Bonchev–Trinajstić information content (AvgIpc) is 2.73. The zero-order chi connectivity index (χ0) is 11.4. The van der Waals surface area contributed by atoms with Crippen molar-refractivity contribution in [3.05, 3.63) is 24.3 Å². The van der Waals surface area contributed by atoms with Crippen molar-refractivity contribution in [2.75, 3.05) is 24.6 Å². The van der Waals surface area contributed by atoms with Gasteiger partial charge in [0.05, 0.1) is 0 Å². The van der Waals surface area contributed by atoms with Crippen molar-refractivity contribution in [1.82, 2.24) is 0 Å². The Morgan fingerprint density at radius 1 is 1.44 bits per heavy atom. The largest absolute Gasteiger partial charge is 0.492 e. The minimum atomic E-state index is 0.191. The van der Waals surface area contributed by atoms with Crippen LogP contribution in [0.25, 0.3) is 0 Å². The molecule has 0 aromatic heterocycles. The van der Waals surface area contributed by atoms with Crippen molar-refractivity contribution >= 4 is 11.6 Å². The van der Waals surface area contributed by atoms with Gasteiger partial charge < -0.3 is 15.4 Å². The molecule has 0 atom stereocenters. The molecule has 1 aliphatic rings. The van der Waals surface area contributed by atoms with E-state index in [2.05, 4.69) is 0 Å². The highest BCUT2D eigenvalue weighted by atomic mass is 16.5. The van der Waals surface area contributed by atoms with Gasteiger partial charge in [0.2, 0.25) is 5.91 Å². The molecule has 16 heavy (non-hydrogen) atoms. The highest BCUT2D eigenvalue weighted by molar-refractivity contribution is 5.95. The third-order valence-corrected chi connectivity index (χ3v) is 2.59. The molecule has 0 saturated carbocycles. The van der Waals surface area contributed by atoms with E-state index in [1.165, 1.54) is 0 Å². The van der Waals surface area contributed by atoms with E-state index in [-0.39, 0.29) is 5.91 Å². The van der Waals surface area contributed by atoms with Crippen LogP contribution in [0.1, 0.15) is 12.8 Å². The smallest absolute Gasteiger partial charge is 0.227 e. The van der Waals surface area contributed by atoms with Crippen LogP contribution in [0.2, 0.25) is 0 Å². The predicted octanol–water partition coefficient (Wildman–Crippen LogP) is 1.15. The maximum Gasteiger partial charge on any atom is 0.227 e. The summed E-state index contributed by atoms with van der Waals surface area (Å²) in [5.41, 5.74) is 6.28. The predicted molar refractivity (Wildman–Crippen MR) is 62.6 cm³/mol. The molecule has 1 amide bonds. The Bertz CT molecular complexity index is 379. The van der Waals surface area contributed by atoms with Crippen LogP contribution in [0, 0.1) is 0 Å². The van der Waals surface area contributed by atoms with Crippen LogP contribution in [0.3, 0.4) is 0 Å². The minimum absolute atomic E-state index is 0.191. The van der Waals surface area contributed by atoms with Gasteiger partial charge in [-0.3, -0.25) is 4.79 Å². The number of nitrogens with two attached hydrogens (primary N) is 1. The molecule has 1 aromatic rings. The third kappa shape index (κ3) is 2.33. The van der Waals surface area contributed by atoms with Crippen molar-refractivity contribution in [2.24, 2.45) is 5.73 Å². The molecule has 1 fully saturated rings. The number of rotatable bonds is 4. The molecule has 86 valence electrons. The molecule has 1 saturated heterocycles. The maximum absolute atomic E-state index is 11.6. The van der Waals surface area contributed by atoms with Crippen LogP contribution in [0.15, 0.2) is 24.3 Å². The summed E-state index contributed by atoms with van der Waals surface area (Å²) in [6.07, 6.45) is 1.58. The van der Waals surface area contributed by atoms with Gasteiger partial charge >= 0.3 is 0 Å². The van der Waals surface area contributed by atoms with Crippen molar-refractivity contribution in [2.45, 2.75) is 12.8 Å². The first kappa shape index (κ1) is 11.0. The molecule has 1 aromatic carbocycles. The summed E-state index contributed by atoms with van der Waals surface area (Å²) in [6.45, 7) is 1.80. The molecule has 1 heterocycles. The van der Waals surface area contributed by atoms with Gasteiger partial charge in [0, 0.05) is 31.3 Å². The fourth-order valence-electron chi connectivity index (χ4n) is 1.84. The van der Waals surface area contributed by atoms with Crippen LogP contribution in [-0.2, 0) is 4.79 Å². The monoisotopic (exact) mass is 220 g/mol. The second kappa shape index (κ2) is 4.99. The van der Waals surface area contributed by atoms with Gasteiger partial charge in [0.15, 0.2) is 0 Å². The number of benzene rings is 1. The number of amides is 1. The molecule has 0 radical (unpaired) electrons. The topological polar surface area (TPSA) is 55.6 Å². The van der Waals surface area contributed by atoms with Crippen molar-refractivity contribution in [3.63, 3.8) is 0 Å². The molecular formula is C12H16N2O2. The van der Waals surface area contributed by atoms with Gasteiger partial charge in [0.1, 0.15) is 12.4 Å². The number of carbonyl (C=O) groups is 1. The van der Waals surface area contributed by atoms with Crippen LogP contribution in [0.5, 0.6) is 5.75 Å². The lowest BCUT2D eigenvalue weighted by molar-refractivity contribution is -0.117. The Morgan fingerprint density at radius 2 is 2.31 bits per heavy atom. The van der Waals surface area contributed by atoms with E-state index in [9.17, 15) is 4.79 Å².